The number of likely N-dealkylation sites (tertiary alicyclic amines) is 1. The molecule has 1 N–H and O–H groups in total. The van der Waals surface area contributed by atoms with Gasteiger partial charge < -0.3 is 15.0 Å². The van der Waals surface area contributed by atoms with E-state index in [0.29, 0.717) is 22.0 Å². The maximum Gasteiger partial charge on any atom is 0.255 e. The smallest absolute Gasteiger partial charge is 0.255 e. The molecule has 2 aromatic rings. The summed E-state index contributed by atoms with van der Waals surface area (Å²) in [5, 5.41) is 3.12. The van der Waals surface area contributed by atoms with Crippen LogP contribution in [0, 0.1) is 5.82 Å². The van der Waals surface area contributed by atoms with Crippen LogP contribution in [0.5, 0.6) is 5.75 Å². The Bertz CT molecular complexity index is 744. The van der Waals surface area contributed by atoms with Crippen LogP contribution in [0.25, 0.3) is 0 Å². The zero-order valence-electron chi connectivity index (χ0n) is 14.0. The number of nitrogens with one attached hydrogen (secondary N) is 1. The van der Waals surface area contributed by atoms with Gasteiger partial charge in [0.1, 0.15) is 22.7 Å². The number of anilines is 1. The highest BCUT2D eigenvalue weighted by Crippen LogP contribution is 2.34. The summed E-state index contributed by atoms with van der Waals surface area (Å²) in [6.45, 7) is 1.98. The van der Waals surface area contributed by atoms with Crippen molar-refractivity contribution in [2.45, 2.75) is 18.9 Å². The number of hydrogen-bond acceptors (Lipinski definition) is 3. The summed E-state index contributed by atoms with van der Waals surface area (Å²) >= 11 is 6.40. The van der Waals surface area contributed by atoms with Crippen molar-refractivity contribution in [3.8, 4) is 5.75 Å². The minimum absolute atomic E-state index is 0.122. The van der Waals surface area contributed by atoms with E-state index >= 15 is 0 Å². The van der Waals surface area contributed by atoms with Crippen molar-refractivity contribution in [3.05, 3.63) is 58.9 Å². The Labute approximate surface area is 151 Å². The first kappa shape index (κ1) is 17.7. The van der Waals surface area contributed by atoms with Gasteiger partial charge in [0.25, 0.3) is 5.91 Å². The number of piperidine rings is 1. The first-order valence-electron chi connectivity index (χ1n) is 8.23. The predicted octanol–water partition coefficient (Wildman–Crippen LogP) is 4.20. The van der Waals surface area contributed by atoms with Gasteiger partial charge in [-0.1, -0.05) is 17.7 Å². The molecule has 0 atom stereocenters. The van der Waals surface area contributed by atoms with Gasteiger partial charge in [0, 0.05) is 18.7 Å². The Morgan fingerprint density at radius 3 is 2.56 bits per heavy atom. The summed E-state index contributed by atoms with van der Waals surface area (Å²) in [7, 11) is 2.09. The zero-order valence-corrected chi connectivity index (χ0v) is 14.7. The molecule has 1 amide bonds. The first-order valence-corrected chi connectivity index (χ1v) is 8.61. The lowest BCUT2D eigenvalue weighted by Gasteiger charge is -2.29. The average molecular weight is 363 g/mol. The quantitative estimate of drug-likeness (QED) is 0.886. The summed E-state index contributed by atoms with van der Waals surface area (Å²) in [6.07, 6.45) is 2.01. The number of ether oxygens (including phenoxy) is 1. The van der Waals surface area contributed by atoms with Gasteiger partial charge in [-0.3, -0.25) is 4.79 Å². The SMILES string of the molecule is CN1CCC(Oc2cccc(NC(=O)c3ccc(F)cc3)c2Cl)CC1. The number of carbonyl (C=O) groups excluding carboxylic acids is 1. The van der Waals surface area contributed by atoms with Crippen LogP contribution in [0.4, 0.5) is 10.1 Å². The molecule has 0 aromatic heterocycles. The van der Waals surface area contributed by atoms with E-state index in [4.69, 9.17) is 16.3 Å². The van der Waals surface area contributed by atoms with Crippen LogP contribution in [-0.4, -0.2) is 37.0 Å². The van der Waals surface area contributed by atoms with Gasteiger partial charge in [-0.2, -0.15) is 0 Å². The summed E-state index contributed by atoms with van der Waals surface area (Å²) in [6, 6.07) is 10.6. The van der Waals surface area contributed by atoms with Gasteiger partial charge in [-0.25, -0.2) is 4.39 Å². The van der Waals surface area contributed by atoms with Crippen molar-refractivity contribution >= 4 is 23.2 Å². The molecular weight excluding hydrogens is 343 g/mol. The van der Waals surface area contributed by atoms with E-state index in [0.717, 1.165) is 25.9 Å². The number of benzene rings is 2. The molecule has 1 aliphatic heterocycles. The molecule has 4 nitrogen and oxygen atoms in total. The second-order valence-corrected chi connectivity index (χ2v) is 6.58. The minimum atomic E-state index is -0.386. The van der Waals surface area contributed by atoms with E-state index in [1.165, 1.54) is 24.3 Å². The van der Waals surface area contributed by atoms with Crippen LogP contribution in [0.15, 0.2) is 42.5 Å². The lowest BCUT2D eigenvalue weighted by Crippen LogP contribution is -2.35. The van der Waals surface area contributed by atoms with Crippen molar-refractivity contribution in [2.75, 3.05) is 25.5 Å². The van der Waals surface area contributed by atoms with Gasteiger partial charge in [-0.15, -0.1) is 0 Å². The molecule has 1 aliphatic rings. The van der Waals surface area contributed by atoms with E-state index in [-0.39, 0.29) is 17.8 Å². The van der Waals surface area contributed by atoms with Crippen molar-refractivity contribution in [2.24, 2.45) is 0 Å². The van der Waals surface area contributed by atoms with Gasteiger partial charge in [-0.05, 0) is 56.3 Å². The summed E-state index contributed by atoms with van der Waals surface area (Å²) in [5.74, 6) is -0.172. The van der Waals surface area contributed by atoms with Crippen molar-refractivity contribution in [1.29, 1.82) is 0 Å². The summed E-state index contributed by atoms with van der Waals surface area (Å²) in [5.41, 5.74) is 0.834. The lowest BCUT2D eigenvalue weighted by atomic mass is 10.1. The summed E-state index contributed by atoms with van der Waals surface area (Å²) < 4.78 is 19.0. The highest BCUT2D eigenvalue weighted by molar-refractivity contribution is 6.35. The van der Waals surface area contributed by atoms with Crippen LogP contribution in [0.1, 0.15) is 23.2 Å². The Kier molecular flexibility index (Phi) is 5.56. The monoisotopic (exact) mass is 362 g/mol. The number of carbonyl (C=O) groups is 1. The molecule has 132 valence electrons. The van der Waals surface area contributed by atoms with E-state index in [9.17, 15) is 9.18 Å². The molecule has 0 spiro atoms. The first-order chi connectivity index (χ1) is 12.0. The molecule has 6 heteroatoms. The van der Waals surface area contributed by atoms with Gasteiger partial charge in [0.15, 0.2) is 0 Å². The number of halogens is 2. The molecule has 1 heterocycles. The third-order valence-electron chi connectivity index (χ3n) is 4.28. The topological polar surface area (TPSA) is 41.6 Å². The Hall–Kier alpha value is -2.11. The predicted molar refractivity (Wildman–Crippen MR) is 97.0 cm³/mol. The fourth-order valence-electron chi connectivity index (χ4n) is 2.78. The molecular formula is C19H20ClFN2O2. The molecule has 2 aromatic carbocycles. The Balaban J connectivity index is 1.70. The van der Waals surface area contributed by atoms with Gasteiger partial charge >= 0.3 is 0 Å². The maximum absolute atomic E-state index is 13.0. The molecule has 25 heavy (non-hydrogen) atoms. The largest absolute Gasteiger partial charge is 0.489 e. The minimum Gasteiger partial charge on any atom is -0.489 e. The van der Waals surface area contributed by atoms with E-state index in [1.54, 1.807) is 18.2 Å². The third-order valence-corrected chi connectivity index (χ3v) is 4.67. The van der Waals surface area contributed by atoms with Crippen LogP contribution >= 0.6 is 11.6 Å². The molecule has 1 fully saturated rings. The molecule has 3 rings (SSSR count). The molecule has 0 aliphatic carbocycles. The van der Waals surface area contributed by atoms with Crippen molar-refractivity contribution in [3.63, 3.8) is 0 Å². The van der Waals surface area contributed by atoms with Crippen LogP contribution in [0.3, 0.4) is 0 Å². The van der Waals surface area contributed by atoms with E-state index < -0.39 is 0 Å². The standard InChI is InChI=1S/C19H20ClFN2O2/c1-23-11-9-15(10-12-23)25-17-4-2-3-16(18(17)20)22-19(24)13-5-7-14(21)8-6-13/h2-8,15H,9-12H2,1H3,(H,22,24). The van der Waals surface area contributed by atoms with E-state index in [2.05, 4.69) is 17.3 Å². The van der Waals surface area contributed by atoms with Crippen molar-refractivity contribution in [1.82, 2.24) is 4.90 Å². The van der Waals surface area contributed by atoms with Crippen LogP contribution in [0.2, 0.25) is 5.02 Å². The molecule has 0 radical (unpaired) electrons. The number of nitrogens with zero attached hydrogens (tertiary/aromatic N) is 1. The number of hydrogen-bond donors (Lipinski definition) is 1. The Morgan fingerprint density at radius 1 is 1.20 bits per heavy atom. The molecule has 1 saturated heterocycles. The highest BCUT2D eigenvalue weighted by atomic mass is 35.5. The normalized spacial score (nSPS) is 15.8. The second kappa shape index (κ2) is 7.85. The summed E-state index contributed by atoms with van der Waals surface area (Å²) in [4.78, 5) is 14.5. The highest BCUT2D eigenvalue weighted by Gasteiger charge is 2.20. The van der Waals surface area contributed by atoms with Gasteiger partial charge in [0.05, 0.1) is 5.69 Å². The maximum atomic E-state index is 13.0. The fraction of sp³-hybridized carbons (Fsp3) is 0.316. The second-order valence-electron chi connectivity index (χ2n) is 6.20. The number of amides is 1. The fourth-order valence-corrected chi connectivity index (χ4v) is 2.99. The third kappa shape index (κ3) is 4.50. The molecule has 0 saturated carbocycles. The van der Waals surface area contributed by atoms with Gasteiger partial charge in [0.2, 0.25) is 0 Å². The molecule has 0 unspecified atom stereocenters. The zero-order chi connectivity index (χ0) is 17.8. The van der Waals surface area contributed by atoms with Crippen LogP contribution in [-0.2, 0) is 0 Å². The number of rotatable bonds is 4. The Morgan fingerprint density at radius 2 is 1.88 bits per heavy atom. The lowest BCUT2D eigenvalue weighted by molar-refractivity contribution is 0.102. The average Bonchev–Trinajstić information content (AvgIpc) is 2.61. The van der Waals surface area contributed by atoms with Crippen LogP contribution < -0.4 is 10.1 Å². The van der Waals surface area contributed by atoms with E-state index in [1.807, 2.05) is 0 Å². The molecule has 0 bridgehead atoms. The van der Waals surface area contributed by atoms with Crippen molar-refractivity contribution < 1.29 is 13.9 Å².